The summed E-state index contributed by atoms with van der Waals surface area (Å²) in [7, 11) is 0. The first-order valence-corrected chi connectivity index (χ1v) is 7.00. The molecule has 1 N–H and O–H groups in total. The van der Waals surface area contributed by atoms with Crippen molar-refractivity contribution >= 4 is 5.97 Å². The van der Waals surface area contributed by atoms with Crippen LogP contribution in [0, 0.1) is 40.4 Å². The minimum atomic E-state index is -0.570. The molecule has 4 aliphatic rings. The van der Waals surface area contributed by atoms with Gasteiger partial charge in [-0.05, 0) is 53.8 Å². The summed E-state index contributed by atoms with van der Waals surface area (Å²) in [5.41, 5.74) is 0.514. The number of rotatable bonds is 2. The van der Waals surface area contributed by atoms with E-state index in [1.807, 2.05) is 0 Å². The van der Waals surface area contributed by atoms with Crippen LogP contribution in [0.2, 0.25) is 0 Å². The summed E-state index contributed by atoms with van der Waals surface area (Å²) in [6, 6.07) is 0. The predicted octanol–water partition coefficient (Wildman–Crippen LogP) is 3.42. The van der Waals surface area contributed by atoms with Gasteiger partial charge in [-0.2, -0.15) is 0 Å². The minimum Gasteiger partial charge on any atom is -0.481 e. The van der Waals surface area contributed by atoms with Crippen LogP contribution in [0.5, 0.6) is 0 Å². The van der Waals surface area contributed by atoms with Gasteiger partial charge >= 0.3 is 5.97 Å². The lowest BCUT2D eigenvalue weighted by molar-refractivity contribution is -0.141. The minimum absolute atomic E-state index is 0.0367. The van der Waals surface area contributed by atoms with Crippen molar-refractivity contribution in [1.82, 2.24) is 0 Å². The molecule has 0 aromatic rings. The van der Waals surface area contributed by atoms with E-state index in [1.165, 1.54) is 19.3 Å². The summed E-state index contributed by atoms with van der Waals surface area (Å²) >= 11 is 0. The number of hydrogen-bond acceptors (Lipinski definition) is 1. The second kappa shape index (κ2) is 3.07. The zero-order valence-electron chi connectivity index (χ0n) is 11.4. The van der Waals surface area contributed by atoms with Crippen LogP contribution in [0.25, 0.3) is 0 Å². The third-order valence-corrected chi connectivity index (χ3v) is 6.55. The van der Waals surface area contributed by atoms with E-state index < -0.39 is 5.97 Å². The average Bonchev–Trinajstić information content (AvgIpc) is 2.81. The van der Waals surface area contributed by atoms with Gasteiger partial charge < -0.3 is 5.11 Å². The van der Waals surface area contributed by atoms with E-state index in [0.717, 1.165) is 11.8 Å². The van der Waals surface area contributed by atoms with Gasteiger partial charge in [-0.3, -0.25) is 4.79 Å². The van der Waals surface area contributed by atoms with Crippen molar-refractivity contribution in [1.29, 1.82) is 0 Å². The van der Waals surface area contributed by atoms with E-state index in [-0.39, 0.29) is 11.3 Å². The largest absolute Gasteiger partial charge is 0.481 e. The molecule has 0 aliphatic heterocycles. The molecule has 3 unspecified atom stereocenters. The first kappa shape index (κ1) is 11.6. The standard InChI is InChI=1S/C15H24O2/c1-14(2)8-5-6-9(10(14)7-8)11-12(13(16)17)15(11,3)4/h8-12H,5-7H2,1-4H3,(H,16,17)/t8?,9?,10?,11-,12+/m1/s1. The average molecular weight is 236 g/mol. The van der Waals surface area contributed by atoms with E-state index in [9.17, 15) is 9.90 Å². The fourth-order valence-electron chi connectivity index (χ4n) is 5.25. The van der Waals surface area contributed by atoms with Gasteiger partial charge in [0.25, 0.3) is 0 Å². The molecule has 0 aromatic carbocycles. The Labute approximate surface area is 104 Å². The van der Waals surface area contributed by atoms with Crippen LogP contribution in [0.3, 0.4) is 0 Å². The van der Waals surface area contributed by atoms with E-state index in [1.54, 1.807) is 0 Å². The van der Waals surface area contributed by atoms with Gasteiger partial charge in [0.1, 0.15) is 0 Å². The second-order valence-electron chi connectivity index (χ2n) is 7.76. The molecular weight excluding hydrogens is 212 g/mol. The summed E-state index contributed by atoms with van der Waals surface area (Å²) in [4.78, 5) is 11.3. The van der Waals surface area contributed by atoms with Crippen molar-refractivity contribution in [3.63, 3.8) is 0 Å². The SMILES string of the molecule is CC1(C)C2CCC([C@@H]3[C@@H](C(=O)O)C3(C)C)C1C2. The molecule has 2 nitrogen and oxygen atoms in total. The third kappa shape index (κ3) is 1.30. The molecule has 0 heterocycles. The summed E-state index contributed by atoms with van der Waals surface area (Å²) in [5.74, 6) is 2.15. The van der Waals surface area contributed by atoms with Gasteiger partial charge in [-0.1, -0.05) is 27.7 Å². The molecule has 96 valence electrons. The molecule has 0 saturated heterocycles. The van der Waals surface area contributed by atoms with E-state index in [2.05, 4.69) is 27.7 Å². The molecule has 4 saturated carbocycles. The number of carboxylic acid groups (broad SMARTS) is 1. The first-order chi connectivity index (χ1) is 7.78. The predicted molar refractivity (Wildman–Crippen MR) is 66.5 cm³/mol. The Balaban J connectivity index is 1.81. The Morgan fingerprint density at radius 2 is 1.76 bits per heavy atom. The maximum atomic E-state index is 11.3. The zero-order valence-corrected chi connectivity index (χ0v) is 11.4. The molecule has 17 heavy (non-hydrogen) atoms. The molecule has 2 heteroatoms. The molecule has 0 aromatic heterocycles. The highest BCUT2D eigenvalue weighted by Crippen LogP contribution is 2.71. The molecular formula is C15H24O2. The summed E-state index contributed by atoms with van der Waals surface area (Å²) < 4.78 is 0. The lowest BCUT2D eigenvalue weighted by Gasteiger charge is -2.60. The molecule has 4 rings (SSSR count). The highest BCUT2D eigenvalue weighted by molar-refractivity contribution is 5.75. The Bertz CT molecular complexity index is 367. The Kier molecular flexibility index (Phi) is 2.09. The zero-order chi connectivity index (χ0) is 12.6. The topological polar surface area (TPSA) is 37.3 Å². The van der Waals surface area contributed by atoms with E-state index >= 15 is 0 Å². The molecule has 0 spiro atoms. The van der Waals surface area contributed by atoms with Crippen LogP contribution in [-0.4, -0.2) is 11.1 Å². The number of fused-ring (bicyclic) bond motifs is 2. The molecule has 4 aliphatic carbocycles. The summed E-state index contributed by atoms with van der Waals surface area (Å²) in [6.45, 7) is 9.08. The van der Waals surface area contributed by atoms with Gasteiger partial charge in [0.15, 0.2) is 0 Å². The smallest absolute Gasteiger partial charge is 0.307 e. The van der Waals surface area contributed by atoms with Crippen LogP contribution in [-0.2, 0) is 4.79 Å². The number of carboxylic acids is 1. The quantitative estimate of drug-likeness (QED) is 0.797. The number of hydrogen-bond donors (Lipinski definition) is 1. The highest BCUT2D eigenvalue weighted by atomic mass is 16.4. The van der Waals surface area contributed by atoms with Crippen molar-refractivity contribution in [2.45, 2.75) is 47.0 Å². The van der Waals surface area contributed by atoms with Gasteiger partial charge in [0, 0.05) is 0 Å². The summed E-state index contributed by atoms with van der Waals surface area (Å²) in [5, 5.41) is 9.32. The van der Waals surface area contributed by atoms with Crippen LogP contribution in [0.15, 0.2) is 0 Å². The third-order valence-electron chi connectivity index (χ3n) is 6.55. The second-order valence-corrected chi connectivity index (χ2v) is 7.76. The van der Waals surface area contributed by atoms with Gasteiger partial charge in [-0.25, -0.2) is 0 Å². The monoisotopic (exact) mass is 236 g/mol. The molecule has 0 amide bonds. The lowest BCUT2D eigenvalue weighted by atomic mass is 9.44. The normalized spacial score (nSPS) is 49.3. The maximum absolute atomic E-state index is 11.3. The van der Waals surface area contributed by atoms with Crippen molar-refractivity contribution in [2.24, 2.45) is 40.4 Å². The van der Waals surface area contributed by atoms with E-state index in [4.69, 9.17) is 0 Å². The van der Waals surface area contributed by atoms with Gasteiger partial charge in [0.05, 0.1) is 5.92 Å². The fourth-order valence-corrected chi connectivity index (χ4v) is 5.25. The van der Waals surface area contributed by atoms with Crippen molar-refractivity contribution in [3.05, 3.63) is 0 Å². The van der Waals surface area contributed by atoms with Crippen molar-refractivity contribution in [3.8, 4) is 0 Å². The van der Waals surface area contributed by atoms with Crippen LogP contribution in [0.1, 0.15) is 47.0 Å². The lowest BCUT2D eigenvalue weighted by Crippen LogP contribution is -2.53. The highest BCUT2D eigenvalue weighted by Gasteiger charge is 2.69. The fraction of sp³-hybridized carbons (Fsp3) is 0.933. The Hall–Kier alpha value is -0.530. The number of carbonyl (C=O) groups is 1. The summed E-state index contributed by atoms with van der Waals surface area (Å²) in [6.07, 6.45) is 3.96. The molecule has 2 bridgehead atoms. The number of aliphatic carboxylic acids is 1. The van der Waals surface area contributed by atoms with Crippen molar-refractivity contribution < 1.29 is 9.90 Å². The molecule has 4 fully saturated rings. The molecule has 0 radical (unpaired) electrons. The molecule has 5 atom stereocenters. The van der Waals surface area contributed by atoms with Crippen molar-refractivity contribution in [2.75, 3.05) is 0 Å². The maximum Gasteiger partial charge on any atom is 0.307 e. The van der Waals surface area contributed by atoms with E-state index in [0.29, 0.717) is 17.3 Å². The first-order valence-electron chi connectivity index (χ1n) is 7.00. The van der Waals surface area contributed by atoms with Crippen LogP contribution >= 0.6 is 0 Å². The van der Waals surface area contributed by atoms with Crippen LogP contribution < -0.4 is 0 Å². The Morgan fingerprint density at radius 3 is 2.18 bits per heavy atom. The van der Waals surface area contributed by atoms with Gasteiger partial charge in [0.2, 0.25) is 0 Å². The van der Waals surface area contributed by atoms with Gasteiger partial charge in [-0.15, -0.1) is 0 Å². The van der Waals surface area contributed by atoms with Crippen LogP contribution in [0.4, 0.5) is 0 Å². The Morgan fingerprint density at radius 1 is 1.12 bits per heavy atom.